The molecular formula is C9H12N6. The highest BCUT2D eigenvalue weighted by atomic mass is 15.3. The molecule has 3 rings (SSSR count). The van der Waals surface area contributed by atoms with Crippen molar-refractivity contribution in [1.82, 2.24) is 25.3 Å². The first kappa shape index (κ1) is 8.60. The maximum atomic E-state index is 4.43. The summed E-state index contributed by atoms with van der Waals surface area (Å²) >= 11 is 0. The van der Waals surface area contributed by atoms with Crippen LogP contribution in [-0.4, -0.2) is 46.1 Å². The number of nitrogens with one attached hydrogen (secondary N) is 2. The Balaban J connectivity index is 1.96. The molecule has 6 nitrogen and oxygen atoms in total. The molecule has 0 spiro atoms. The van der Waals surface area contributed by atoms with Gasteiger partial charge in [-0.25, -0.2) is 9.97 Å². The second-order valence-corrected chi connectivity index (χ2v) is 3.56. The molecule has 0 amide bonds. The Morgan fingerprint density at radius 2 is 2.13 bits per heavy atom. The predicted octanol–water partition coefficient (Wildman–Crippen LogP) is -0.238. The van der Waals surface area contributed by atoms with Crippen LogP contribution in [0.2, 0.25) is 0 Å². The average molecular weight is 204 g/mol. The van der Waals surface area contributed by atoms with Crippen LogP contribution >= 0.6 is 0 Å². The van der Waals surface area contributed by atoms with E-state index in [4.69, 9.17) is 0 Å². The summed E-state index contributed by atoms with van der Waals surface area (Å²) in [7, 11) is 0. The fourth-order valence-electron chi connectivity index (χ4n) is 1.78. The number of aromatic nitrogens is 4. The second kappa shape index (κ2) is 3.47. The first-order valence-electron chi connectivity index (χ1n) is 5.05. The Bertz CT molecular complexity index is 425. The largest absolute Gasteiger partial charge is 0.340 e. The number of imidazole rings is 1. The average Bonchev–Trinajstić information content (AvgIpc) is 2.74. The number of piperazine rings is 1. The molecule has 15 heavy (non-hydrogen) atoms. The fourth-order valence-corrected chi connectivity index (χ4v) is 1.78. The Morgan fingerprint density at radius 1 is 1.27 bits per heavy atom. The van der Waals surface area contributed by atoms with E-state index < -0.39 is 0 Å². The molecule has 1 fully saturated rings. The maximum Gasteiger partial charge on any atom is 0.205 e. The molecule has 2 N–H and O–H groups in total. The quantitative estimate of drug-likeness (QED) is 0.671. The van der Waals surface area contributed by atoms with Crippen LogP contribution in [0.25, 0.3) is 11.2 Å². The lowest BCUT2D eigenvalue weighted by atomic mass is 10.4. The van der Waals surface area contributed by atoms with Crippen molar-refractivity contribution in [3.63, 3.8) is 0 Å². The van der Waals surface area contributed by atoms with Crippen LogP contribution in [0.3, 0.4) is 0 Å². The van der Waals surface area contributed by atoms with Gasteiger partial charge in [0, 0.05) is 26.2 Å². The summed E-state index contributed by atoms with van der Waals surface area (Å²) < 4.78 is 0. The van der Waals surface area contributed by atoms with Crippen LogP contribution in [0.15, 0.2) is 12.5 Å². The van der Waals surface area contributed by atoms with Gasteiger partial charge >= 0.3 is 0 Å². The molecule has 0 aromatic carbocycles. The highest BCUT2D eigenvalue weighted by Gasteiger charge is 2.14. The van der Waals surface area contributed by atoms with E-state index in [0.29, 0.717) is 0 Å². The van der Waals surface area contributed by atoms with E-state index >= 15 is 0 Å². The minimum atomic E-state index is 0.735. The van der Waals surface area contributed by atoms with Crippen molar-refractivity contribution in [2.45, 2.75) is 0 Å². The molecule has 1 aliphatic heterocycles. The topological polar surface area (TPSA) is 69.7 Å². The minimum Gasteiger partial charge on any atom is -0.340 e. The third kappa shape index (κ3) is 1.52. The first-order valence-corrected chi connectivity index (χ1v) is 5.05. The number of rotatable bonds is 1. The first-order chi connectivity index (χ1) is 7.43. The molecule has 1 saturated heterocycles. The summed E-state index contributed by atoms with van der Waals surface area (Å²) in [6.45, 7) is 3.96. The summed E-state index contributed by atoms with van der Waals surface area (Å²) in [6, 6.07) is 0. The van der Waals surface area contributed by atoms with Crippen molar-refractivity contribution in [3.8, 4) is 0 Å². The van der Waals surface area contributed by atoms with Gasteiger partial charge < -0.3 is 15.2 Å². The van der Waals surface area contributed by atoms with Crippen LogP contribution in [-0.2, 0) is 0 Å². The zero-order valence-corrected chi connectivity index (χ0v) is 8.27. The lowest BCUT2D eigenvalue weighted by molar-refractivity contribution is 0.582. The van der Waals surface area contributed by atoms with Gasteiger partial charge in [-0.15, -0.1) is 0 Å². The van der Waals surface area contributed by atoms with E-state index in [1.165, 1.54) is 6.33 Å². The number of anilines is 1. The number of H-pyrrole nitrogens is 1. The Kier molecular flexibility index (Phi) is 1.99. The van der Waals surface area contributed by atoms with Crippen LogP contribution in [0.1, 0.15) is 0 Å². The second-order valence-electron chi connectivity index (χ2n) is 3.56. The van der Waals surface area contributed by atoms with Crippen molar-refractivity contribution >= 4 is 17.1 Å². The molecular weight excluding hydrogens is 192 g/mol. The van der Waals surface area contributed by atoms with E-state index in [-0.39, 0.29) is 0 Å². The molecule has 78 valence electrons. The number of hydrogen-bond donors (Lipinski definition) is 2. The van der Waals surface area contributed by atoms with Crippen molar-refractivity contribution in [1.29, 1.82) is 0 Å². The summed E-state index contributed by atoms with van der Waals surface area (Å²) in [5, 5.41) is 3.31. The fraction of sp³-hybridized carbons (Fsp3) is 0.444. The lowest BCUT2D eigenvalue weighted by Crippen LogP contribution is -2.44. The molecule has 0 unspecified atom stereocenters. The Labute approximate surface area is 86.7 Å². The number of hydrogen-bond acceptors (Lipinski definition) is 5. The zero-order valence-electron chi connectivity index (χ0n) is 8.27. The Hall–Kier alpha value is -1.69. The smallest absolute Gasteiger partial charge is 0.205 e. The molecule has 3 heterocycles. The van der Waals surface area contributed by atoms with Crippen molar-refractivity contribution in [3.05, 3.63) is 12.5 Å². The van der Waals surface area contributed by atoms with Gasteiger partial charge in [0.15, 0.2) is 5.65 Å². The van der Waals surface area contributed by atoms with Crippen LogP contribution < -0.4 is 10.2 Å². The minimum absolute atomic E-state index is 0.735. The SMILES string of the molecule is c1ncc2[nH]c(N3CCNCC3)nc2n1. The lowest BCUT2D eigenvalue weighted by Gasteiger charge is -2.26. The van der Waals surface area contributed by atoms with Gasteiger partial charge in [-0.2, -0.15) is 4.98 Å². The van der Waals surface area contributed by atoms with Crippen molar-refractivity contribution in [2.24, 2.45) is 0 Å². The molecule has 0 aliphatic carbocycles. The van der Waals surface area contributed by atoms with Gasteiger partial charge in [-0.1, -0.05) is 0 Å². The molecule has 2 aromatic heterocycles. The summed E-state index contributed by atoms with van der Waals surface area (Å²) in [4.78, 5) is 17.9. The normalized spacial score (nSPS) is 17.2. The Morgan fingerprint density at radius 3 is 2.93 bits per heavy atom. The third-order valence-electron chi connectivity index (χ3n) is 2.57. The van der Waals surface area contributed by atoms with Gasteiger partial charge in [-0.05, 0) is 0 Å². The molecule has 6 heteroatoms. The van der Waals surface area contributed by atoms with Crippen LogP contribution in [0, 0.1) is 0 Å². The zero-order chi connectivity index (χ0) is 10.1. The van der Waals surface area contributed by atoms with E-state index in [1.807, 2.05) is 0 Å². The standard InChI is InChI=1S/C9H12N6/c1-3-15(4-2-10-1)9-13-7-5-11-6-12-8(7)14-9/h5-6,10H,1-4H2,(H,11,12,13,14). The molecule has 0 radical (unpaired) electrons. The van der Waals surface area contributed by atoms with E-state index in [0.717, 1.165) is 43.3 Å². The molecule has 1 aliphatic rings. The number of nitrogens with zero attached hydrogens (tertiary/aromatic N) is 4. The summed E-state index contributed by atoms with van der Waals surface area (Å²) in [5.41, 5.74) is 1.63. The van der Waals surface area contributed by atoms with Gasteiger partial charge in [0.2, 0.25) is 5.95 Å². The van der Waals surface area contributed by atoms with E-state index in [9.17, 15) is 0 Å². The summed E-state index contributed by atoms with van der Waals surface area (Å²) in [5.74, 6) is 0.895. The maximum absolute atomic E-state index is 4.43. The van der Waals surface area contributed by atoms with Crippen molar-refractivity contribution in [2.75, 3.05) is 31.1 Å². The van der Waals surface area contributed by atoms with Crippen LogP contribution in [0.5, 0.6) is 0 Å². The molecule has 0 bridgehead atoms. The third-order valence-corrected chi connectivity index (χ3v) is 2.57. The van der Waals surface area contributed by atoms with Gasteiger partial charge in [0.1, 0.15) is 11.8 Å². The van der Waals surface area contributed by atoms with Gasteiger partial charge in [-0.3, -0.25) is 0 Å². The molecule has 0 saturated carbocycles. The summed E-state index contributed by atoms with van der Waals surface area (Å²) in [6.07, 6.45) is 3.27. The highest BCUT2D eigenvalue weighted by molar-refractivity contribution is 5.72. The van der Waals surface area contributed by atoms with Crippen LogP contribution in [0.4, 0.5) is 5.95 Å². The highest BCUT2D eigenvalue weighted by Crippen LogP contribution is 2.14. The monoisotopic (exact) mass is 204 g/mol. The number of fused-ring (bicyclic) bond motifs is 1. The number of aromatic amines is 1. The van der Waals surface area contributed by atoms with E-state index in [1.54, 1.807) is 6.20 Å². The van der Waals surface area contributed by atoms with Gasteiger partial charge in [0.05, 0.1) is 6.20 Å². The molecule has 0 atom stereocenters. The molecule has 2 aromatic rings. The van der Waals surface area contributed by atoms with Crippen molar-refractivity contribution < 1.29 is 0 Å². The van der Waals surface area contributed by atoms with E-state index in [2.05, 4.69) is 30.2 Å². The predicted molar refractivity (Wildman–Crippen MR) is 56.8 cm³/mol. The van der Waals surface area contributed by atoms with Gasteiger partial charge in [0.25, 0.3) is 0 Å².